The SMILES string of the molecule is CCCCCC(C=S)c1ccccc1. The Labute approximate surface area is 92.3 Å². The zero-order valence-corrected chi connectivity index (χ0v) is 9.59. The molecule has 0 radical (unpaired) electrons. The van der Waals surface area contributed by atoms with E-state index < -0.39 is 0 Å². The molecule has 14 heavy (non-hydrogen) atoms. The van der Waals surface area contributed by atoms with Crippen LogP contribution >= 0.6 is 12.2 Å². The van der Waals surface area contributed by atoms with E-state index in [0.717, 1.165) is 0 Å². The minimum Gasteiger partial charge on any atom is -0.0928 e. The van der Waals surface area contributed by atoms with Gasteiger partial charge in [-0.2, -0.15) is 0 Å². The maximum atomic E-state index is 5.08. The van der Waals surface area contributed by atoms with Crippen LogP contribution in [0.25, 0.3) is 0 Å². The Bertz CT molecular complexity index is 253. The van der Waals surface area contributed by atoms with Gasteiger partial charge in [-0.25, -0.2) is 0 Å². The molecular formula is C13H18S. The number of hydrogen-bond donors (Lipinski definition) is 0. The van der Waals surface area contributed by atoms with E-state index in [0.29, 0.717) is 5.92 Å². The lowest BCUT2D eigenvalue weighted by Crippen LogP contribution is -1.98. The van der Waals surface area contributed by atoms with Crippen LogP contribution in [0.3, 0.4) is 0 Å². The van der Waals surface area contributed by atoms with E-state index in [2.05, 4.69) is 37.3 Å². The zero-order chi connectivity index (χ0) is 10.2. The molecule has 0 aliphatic rings. The van der Waals surface area contributed by atoms with E-state index in [1.807, 2.05) is 5.37 Å². The van der Waals surface area contributed by atoms with Gasteiger partial charge in [0.25, 0.3) is 0 Å². The van der Waals surface area contributed by atoms with Crippen LogP contribution in [0.4, 0.5) is 0 Å². The van der Waals surface area contributed by atoms with Crippen molar-refractivity contribution in [3.05, 3.63) is 35.9 Å². The average Bonchev–Trinajstić information content (AvgIpc) is 2.26. The third-order valence-electron chi connectivity index (χ3n) is 2.51. The molecule has 0 spiro atoms. The van der Waals surface area contributed by atoms with Crippen LogP contribution in [0.2, 0.25) is 0 Å². The van der Waals surface area contributed by atoms with Crippen molar-refractivity contribution in [1.29, 1.82) is 0 Å². The molecule has 1 rings (SSSR count). The fraction of sp³-hybridized carbons (Fsp3) is 0.462. The predicted octanol–water partition coefficient (Wildman–Crippen LogP) is 4.35. The highest BCUT2D eigenvalue weighted by atomic mass is 32.1. The van der Waals surface area contributed by atoms with E-state index >= 15 is 0 Å². The maximum Gasteiger partial charge on any atom is 0.0123 e. The lowest BCUT2D eigenvalue weighted by Gasteiger charge is -2.11. The normalized spacial score (nSPS) is 12.4. The van der Waals surface area contributed by atoms with Crippen molar-refractivity contribution in [3.63, 3.8) is 0 Å². The molecule has 0 saturated heterocycles. The fourth-order valence-electron chi connectivity index (χ4n) is 1.63. The molecule has 76 valence electrons. The summed E-state index contributed by atoms with van der Waals surface area (Å²) in [4.78, 5) is 0. The number of hydrogen-bond acceptors (Lipinski definition) is 1. The first-order chi connectivity index (χ1) is 6.88. The second kappa shape index (κ2) is 6.72. The maximum absolute atomic E-state index is 5.08. The monoisotopic (exact) mass is 206 g/mol. The standard InChI is InChI=1S/C13H18S/c1-2-3-5-10-13(11-14)12-8-6-4-7-9-12/h4,6-9,11,13H,2-3,5,10H2,1H3. The third kappa shape index (κ3) is 3.59. The molecule has 0 amide bonds. The van der Waals surface area contributed by atoms with Crippen molar-refractivity contribution >= 4 is 17.6 Å². The molecule has 1 aromatic rings. The highest BCUT2D eigenvalue weighted by Gasteiger charge is 2.06. The van der Waals surface area contributed by atoms with Crippen LogP contribution in [-0.4, -0.2) is 5.37 Å². The van der Waals surface area contributed by atoms with Crippen LogP contribution in [0.15, 0.2) is 30.3 Å². The van der Waals surface area contributed by atoms with Gasteiger partial charge in [-0.3, -0.25) is 0 Å². The first-order valence-electron chi connectivity index (χ1n) is 5.38. The smallest absolute Gasteiger partial charge is 0.0123 e. The first-order valence-corrected chi connectivity index (χ1v) is 5.86. The van der Waals surface area contributed by atoms with Crippen LogP contribution < -0.4 is 0 Å². The van der Waals surface area contributed by atoms with E-state index in [4.69, 9.17) is 12.2 Å². The summed E-state index contributed by atoms with van der Waals surface area (Å²) in [6.45, 7) is 2.23. The molecule has 1 atom stereocenters. The first kappa shape index (κ1) is 11.4. The van der Waals surface area contributed by atoms with Gasteiger partial charge in [0.15, 0.2) is 0 Å². The van der Waals surface area contributed by atoms with Gasteiger partial charge < -0.3 is 0 Å². The Morgan fingerprint density at radius 1 is 1.21 bits per heavy atom. The second-order valence-corrected chi connectivity index (χ2v) is 3.92. The third-order valence-corrected chi connectivity index (χ3v) is 2.84. The summed E-state index contributed by atoms with van der Waals surface area (Å²) >= 11 is 5.08. The molecule has 0 nitrogen and oxygen atoms in total. The van der Waals surface area contributed by atoms with Gasteiger partial charge in [-0.1, -0.05) is 68.7 Å². The zero-order valence-electron chi connectivity index (χ0n) is 8.78. The molecule has 1 unspecified atom stereocenters. The van der Waals surface area contributed by atoms with E-state index in [1.165, 1.54) is 31.2 Å². The molecule has 0 aliphatic heterocycles. The number of rotatable bonds is 6. The lowest BCUT2D eigenvalue weighted by atomic mass is 9.95. The van der Waals surface area contributed by atoms with Crippen LogP contribution in [0.1, 0.15) is 44.1 Å². The molecule has 0 aliphatic carbocycles. The van der Waals surface area contributed by atoms with Gasteiger partial charge >= 0.3 is 0 Å². The molecule has 0 N–H and O–H groups in total. The Morgan fingerprint density at radius 3 is 2.50 bits per heavy atom. The molecule has 0 saturated carbocycles. The summed E-state index contributed by atoms with van der Waals surface area (Å²) in [6.07, 6.45) is 5.07. The van der Waals surface area contributed by atoms with Gasteiger partial charge in [0.1, 0.15) is 0 Å². The highest BCUT2D eigenvalue weighted by molar-refractivity contribution is 7.79. The summed E-state index contributed by atoms with van der Waals surface area (Å²) in [5, 5.41) is 1.91. The highest BCUT2D eigenvalue weighted by Crippen LogP contribution is 2.20. The fourth-order valence-corrected chi connectivity index (χ4v) is 1.92. The average molecular weight is 206 g/mol. The number of thiocarbonyl (C=S) groups is 1. The molecule has 1 aromatic carbocycles. The van der Waals surface area contributed by atoms with Crippen molar-refractivity contribution in [1.82, 2.24) is 0 Å². The van der Waals surface area contributed by atoms with Gasteiger partial charge in [-0.05, 0) is 17.4 Å². The van der Waals surface area contributed by atoms with Crippen molar-refractivity contribution < 1.29 is 0 Å². The number of unbranched alkanes of at least 4 members (excludes halogenated alkanes) is 2. The topological polar surface area (TPSA) is 0 Å². The number of benzene rings is 1. The van der Waals surface area contributed by atoms with Gasteiger partial charge in [0.05, 0.1) is 0 Å². The van der Waals surface area contributed by atoms with Crippen LogP contribution in [0, 0.1) is 0 Å². The molecule has 0 bridgehead atoms. The van der Waals surface area contributed by atoms with Crippen molar-refractivity contribution in [3.8, 4) is 0 Å². The van der Waals surface area contributed by atoms with Crippen LogP contribution in [-0.2, 0) is 0 Å². The molecule has 0 heterocycles. The quantitative estimate of drug-likeness (QED) is 0.492. The minimum atomic E-state index is 0.470. The minimum absolute atomic E-state index is 0.470. The summed E-state index contributed by atoms with van der Waals surface area (Å²) < 4.78 is 0. The Hall–Kier alpha value is -0.690. The van der Waals surface area contributed by atoms with E-state index in [1.54, 1.807) is 0 Å². The van der Waals surface area contributed by atoms with Crippen molar-refractivity contribution in [2.24, 2.45) is 0 Å². The second-order valence-electron chi connectivity index (χ2n) is 3.65. The lowest BCUT2D eigenvalue weighted by molar-refractivity contribution is 0.650. The largest absolute Gasteiger partial charge is 0.0928 e. The summed E-state index contributed by atoms with van der Waals surface area (Å²) in [7, 11) is 0. The molecule has 0 fully saturated rings. The summed E-state index contributed by atoms with van der Waals surface area (Å²) in [5.41, 5.74) is 1.36. The summed E-state index contributed by atoms with van der Waals surface area (Å²) in [6, 6.07) is 10.6. The van der Waals surface area contributed by atoms with Crippen molar-refractivity contribution in [2.45, 2.75) is 38.5 Å². The molecule has 1 heteroatoms. The summed E-state index contributed by atoms with van der Waals surface area (Å²) in [5.74, 6) is 0.470. The Morgan fingerprint density at radius 2 is 1.93 bits per heavy atom. The van der Waals surface area contributed by atoms with Gasteiger partial charge in [0.2, 0.25) is 0 Å². The van der Waals surface area contributed by atoms with E-state index in [9.17, 15) is 0 Å². The molecular weight excluding hydrogens is 188 g/mol. The van der Waals surface area contributed by atoms with Gasteiger partial charge in [-0.15, -0.1) is 0 Å². The van der Waals surface area contributed by atoms with Gasteiger partial charge in [0, 0.05) is 5.92 Å². The molecule has 0 aromatic heterocycles. The predicted molar refractivity (Wildman–Crippen MR) is 67.0 cm³/mol. The van der Waals surface area contributed by atoms with Crippen LogP contribution in [0.5, 0.6) is 0 Å². The Balaban J connectivity index is 2.50. The van der Waals surface area contributed by atoms with Crippen molar-refractivity contribution in [2.75, 3.05) is 0 Å². The van der Waals surface area contributed by atoms with E-state index in [-0.39, 0.29) is 0 Å². The Kier molecular flexibility index (Phi) is 5.46.